The van der Waals surface area contributed by atoms with Crippen LogP contribution in [0.25, 0.3) is 0 Å². The topological polar surface area (TPSA) is 58.5 Å². The lowest BCUT2D eigenvalue weighted by atomic mass is 10.3. The summed E-state index contributed by atoms with van der Waals surface area (Å²) in [6, 6.07) is 1.82. The molecule has 1 aromatic rings. The van der Waals surface area contributed by atoms with Crippen LogP contribution in [0.5, 0.6) is 5.75 Å². The standard InChI is InChI=1S/C8H11N3O2/c1-5(2)11-7-6(13-8(11)12)3-4-9-10-7/h3-5,8,12H,1-2H3. The van der Waals surface area contributed by atoms with Gasteiger partial charge in [0.1, 0.15) is 0 Å². The van der Waals surface area contributed by atoms with Crippen LogP contribution in [0.3, 0.4) is 0 Å². The minimum Gasteiger partial charge on any atom is -0.443 e. The van der Waals surface area contributed by atoms with Gasteiger partial charge in [-0.15, -0.1) is 5.10 Å². The SMILES string of the molecule is CC(C)N1c2nnccc2OC1O. The normalized spacial score (nSPS) is 20.3. The van der Waals surface area contributed by atoms with Crippen molar-refractivity contribution in [1.82, 2.24) is 10.2 Å². The van der Waals surface area contributed by atoms with Crippen molar-refractivity contribution in [2.45, 2.75) is 26.3 Å². The average Bonchev–Trinajstić information content (AvgIpc) is 2.39. The fourth-order valence-corrected chi connectivity index (χ4v) is 1.36. The maximum atomic E-state index is 9.52. The lowest BCUT2D eigenvalue weighted by Gasteiger charge is -2.23. The van der Waals surface area contributed by atoms with Gasteiger partial charge in [0.05, 0.1) is 6.20 Å². The average molecular weight is 181 g/mol. The van der Waals surface area contributed by atoms with Crippen LogP contribution in [0.4, 0.5) is 5.82 Å². The van der Waals surface area contributed by atoms with Gasteiger partial charge in [-0.05, 0) is 13.8 Å². The van der Waals surface area contributed by atoms with E-state index in [-0.39, 0.29) is 6.04 Å². The molecule has 0 bridgehead atoms. The first-order valence-corrected chi connectivity index (χ1v) is 4.15. The van der Waals surface area contributed by atoms with Crippen molar-refractivity contribution in [3.05, 3.63) is 12.3 Å². The Morgan fingerprint density at radius 1 is 1.62 bits per heavy atom. The molecule has 5 heteroatoms. The Kier molecular flexibility index (Phi) is 1.81. The highest BCUT2D eigenvalue weighted by Crippen LogP contribution is 2.34. The highest BCUT2D eigenvalue weighted by atomic mass is 16.6. The molecule has 0 fully saturated rings. The highest BCUT2D eigenvalue weighted by molar-refractivity contribution is 5.55. The second-order valence-electron chi connectivity index (χ2n) is 3.16. The first kappa shape index (κ1) is 8.25. The zero-order chi connectivity index (χ0) is 9.42. The van der Waals surface area contributed by atoms with Crippen molar-refractivity contribution in [2.24, 2.45) is 0 Å². The van der Waals surface area contributed by atoms with Crippen LogP contribution in [-0.4, -0.2) is 27.8 Å². The predicted molar refractivity (Wildman–Crippen MR) is 46.3 cm³/mol. The second-order valence-corrected chi connectivity index (χ2v) is 3.16. The van der Waals surface area contributed by atoms with E-state index in [4.69, 9.17) is 4.74 Å². The Labute approximate surface area is 76.0 Å². The van der Waals surface area contributed by atoms with Crippen LogP contribution >= 0.6 is 0 Å². The Hall–Kier alpha value is -1.36. The molecule has 5 nitrogen and oxygen atoms in total. The molecule has 0 saturated heterocycles. The summed E-state index contributed by atoms with van der Waals surface area (Å²) in [6.07, 6.45) is 0.599. The Balaban J connectivity index is 2.40. The third-order valence-corrected chi connectivity index (χ3v) is 1.94. The molecule has 1 aliphatic rings. The minimum absolute atomic E-state index is 0.132. The molecule has 0 spiro atoms. The van der Waals surface area contributed by atoms with Crippen molar-refractivity contribution in [3.63, 3.8) is 0 Å². The Morgan fingerprint density at radius 3 is 3.08 bits per heavy atom. The van der Waals surface area contributed by atoms with E-state index >= 15 is 0 Å². The molecule has 0 amide bonds. The van der Waals surface area contributed by atoms with Gasteiger partial charge >= 0.3 is 0 Å². The predicted octanol–water partition coefficient (Wildman–Crippen LogP) is 0.360. The molecule has 0 aromatic carbocycles. The van der Waals surface area contributed by atoms with Gasteiger partial charge in [0, 0.05) is 12.1 Å². The number of hydrogen-bond donors (Lipinski definition) is 1. The third kappa shape index (κ3) is 1.21. The number of aliphatic hydroxyl groups excluding tert-OH is 1. The van der Waals surface area contributed by atoms with Gasteiger partial charge in [-0.1, -0.05) is 0 Å². The molecule has 13 heavy (non-hydrogen) atoms. The lowest BCUT2D eigenvalue weighted by molar-refractivity contribution is -0.00657. The summed E-state index contributed by atoms with van der Waals surface area (Å²) in [5.41, 5.74) is 0. The number of fused-ring (bicyclic) bond motifs is 1. The van der Waals surface area contributed by atoms with Gasteiger partial charge in [0.25, 0.3) is 6.41 Å². The maximum Gasteiger partial charge on any atom is 0.283 e. The number of rotatable bonds is 1. The van der Waals surface area contributed by atoms with E-state index in [1.807, 2.05) is 13.8 Å². The number of aromatic nitrogens is 2. The Bertz CT molecular complexity index is 316. The first-order valence-electron chi connectivity index (χ1n) is 4.15. The van der Waals surface area contributed by atoms with E-state index in [0.29, 0.717) is 11.6 Å². The zero-order valence-corrected chi connectivity index (χ0v) is 7.51. The van der Waals surface area contributed by atoms with Gasteiger partial charge in [0.2, 0.25) is 0 Å². The molecule has 2 heterocycles. The van der Waals surface area contributed by atoms with E-state index in [2.05, 4.69) is 10.2 Å². The molecular formula is C8H11N3O2. The first-order chi connectivity index (χ1) is 6.20. The van der Waals surface area contributed by atoms with E-state index in [0.717, 1.165) is 0 Å². The summed E-state index contributed by atoms with van der Waals surface area (Å²) in [4.78, 5) is 1.67. The molecule has 0 aliphatic carbocycles. The number of hydrogen-bond acceptors (Lipinski definition) is 5. The van der Waals surface area contributed by atoms with Gasteiger partial charge in [-0.25, -0.2) is 0 Å². The quantitative estimate of drug-likeness (QED) is 0.677. The monoisotopic (exact) mass is 181 g/mol. The van der Waals surface area contributed by atoms with Gasteiger partial charge in [-0.2, -0.15) is 5.10 Å². The number of nitrogens with zero attached hydrogens (tertiary/aromatic N) is 3. The minimum atomic E-state index is -0.938. The molecular weight excluding hydrogens is 170 g/mol. The van der Waals surface area contributed by atoms with E-state index < -0.39 is 6.41 Å². The molecule has 1 aliphatic heterocycles. The van der Waals surface area contributed by atoms with Crippen molar-refractivity contribution in [3.8, 4) is 5.75 Å². The molecule has 70 valence electrons. The van der Waals surface area contributed by atoms with Crippen LogP contribution in [0.15, 0.2) is 12.3 Å². The molecule has 2 rings (SSSR count). The maximum absolute atomic E-state index is 9.52. The van der Waals surface area contributed by atoms with Crippen molar-refractivity contribution >= 4 is 5.82 Å². The van der Waals surface area contributed by atoms with Gasteiger partial charge < -0.3 is 9.84 Å². The molecule has 1 aromatic heterocycles. The van der Waals surface area contributed by atoms with Crippen molar-refractivity contribution in [1.29, 1.82) is 0 Å². The van der Waals surface area contributed by atoms with Crippen LogP contribution < -0.4 is 9.64 Å². The van der Waals surface area contributed by atoms with Gasteiger partial charge in [0.15, 0.2) is 11.6 Å². The van der Waals surface area contributed by atoms with Crippen LogP contribution in [0, 0.1) is 0 Å². The lowest BCUT2D eigenvalue weighted by Crippen LogP contribution is -2.39. The third-order valence-electron chi connectivity index (χ3n) is 1.94. The largest absolute Gasteiger partial charge is 0.443 e. The van der Waals surface area contributed by atoms with Crippen LogP contribution in [0.1, 0.15) is 13.8 Å². The van der Waals surface area contributed by atoms with Gasteiger partial charge in [-0.3, -0.25) is 4.90 Å². The summed E-state index contributed by atoms with van der Waals surface area (Å²) in [5.74, 6) is 1.18. The Morgan fingerprint density at radius 2 is 2.38 bits per heavy atom. The molecule has 0 saturated carbocycles. The fourth-order valence-electron chi connectivity index (χ4n) is 1.36. The molecule has 1 unspecified atom stereocenters. The van der Waals surface area contributed by atoms with Crippen LogP contribution in [-0.2, 0) is 0 Å². The zero-order valence-electron chi connectivity index (χ0n) is 7.51. The van der Waals surface area contributed by atoms with E-state index in [1.165, 1.54) is 6.20 Å². The summed E-state index contributed by atoms with van der Waals surface area (Å²) in [5, 5.41) is 17.2. The number of ether oxygens (including phenoxy) is 1. The molecule has 0 radical (unpaired) electrons. The van der Waals surface area contributed by atoms with Crippen molar-refractivity contribution < 1.29 is 9.84 Å². The van der Waals surface area contributed by atoms with Crippen LogP contribution in [0.2, 0.25) is 0 Å². The molecule has 1 N–H and O–H groups in total. The number of aliphatic hydroxyl groups is 1. The summed E-state index contributed by atoms with van der Waals surface area (Å²) in [6.45, 7) is 3.91. The summed E-state index contributed by atoms with van der Waals surface area (Å²) >= 11 is 0. The summed E-state index contributed by atoms with van der Waals surface area (Å²) in [7, 11) is 0. The smallest absolute Gasteiger partial charge is 0.283 e. The van der Waals surface area contributed by atoms with E-state index in [9.17, 15) is 5.11 Å². The second kappa shape index (κ2) is 2.85. The molecule has 1 atom stereocenters. The fraction of sp³-hybridized carbons (Fsp3) is 0.500. The highest BCUT2D eigenvalue weighted by Gasteiger charge is 2.32. The summed E-state index contributed by atoms with van der Waals surface area (Å²) < 4.78 is 5.16. The van der Waals surface area contributed by atoms with E-state index in [1.54, 1.807) is 11.0 Å². The van der Waals surface area contributed by atoms with Crippen molar-refractivity contribution in [2.75, 3.05) is 4.90 Å². The number of anilines is 1.